The molecule has 9 nitrogen and oxygen atoms in total. The van der Waals surface area contributed by atoms with Gasteiger partial charge in [0.1, 0.15) is 11.5 Å². The van der Waals surface area contributed by atoms with Gasteiger partial charge in [-0.15, -0.1) is 0 Å². The van der Waals surface area contributed by atoms with E-state index < -0.39 is 30.7 Å². The molecule has 0 atom stereocenters. The lowest BCUT2D eigenvalue weighted by molar-refractivity contribution is 0.0155. The van der Waals surface area contributed by atoms with E-state index in [2.05, 4.69) is 25.7 Å². The zero-order valence-electron chi connectivity index (χ0n) is 17.1. The van der Waals surface area contributed by atoms with E-state index in [-0.39, 0.29) is 28.5 Å². The first-order valence-corrected chi connectivity index (χ1v) is 9.79. The molecule has 12 heteroatoms. The van der Waals surface area contributed by atoms with Gasteiger partial charge in [-0.25, -0.2) is 23.1 Å². The number of aromatic nitrogens is 4. The number of anilines is 3. The van der Waals surface area contributed by atoms with Gasteiger partial charge < -0.3 is 21.3 Å². The van der Waals surface area contributed by atoms with Crippen molar-refractivity contribution in [1.29, 1.82) is 0 Å². The Balaban J connectivity index is 1.63. The van der Waals surface area contributed by atoms with E-state index in [1.165, 1.54) is 40.2 Å². The highest BCUT2D eigenvalue weighted by Gasteiger charge is 2.35. The lowest BCUT2D eigenvalue weighted by Crippen LogP contribution is -2.39. The maximum absolute atomic E-state index is 14.1. The van der Waals surface area contributed by atoms with Gasteiger partial charge in [0.15, 0.2) is 17.3 Å². The van der Waals surface area contributed by atoms with Gasteiger partial charge >= 0.3 is 0 Å². The second-order valence-corrected chi connectivity index (χ2v) is 7.38. The summed E-state index contributed by atoms with van der Waals surface area (Å²) in [7, 11) is 1.59. The van der Waals surface area contributed by atoms with Crippen molar-refractivity contribution < 1.29 is 18.0 Å². The average molecular weight is 446 g/mol. The smallest absolute Gasteiger partial charge is 0.278 e. The number of rotatable bonds is 4. The molecule has 0 unspecified atom stereocenters. The number of hydrogen-bond acceptors (Lipinski definition) is 7. The van der Waals surface area contributed by atoms with Gasteiger partial charge in [-0.3, -0.25) is 9.48 Å². The van der Waals surface area contributed by atoms with Crippen molar-refractivity contribution in [3.8, 4) is 11.3 Å². The number of nitrogen functional groups attached to an aromatic ring is 1. The van der Waals surface area contributed by atoms with Crippen LogP contribution in [0.1, 0.15) is 10.5 Å². The monoisotopic (exact) mass is 446 g/mol. The molecular formula is C20H21F3N8O. The van der Waals surface area contributed by atoms with Gasteiger partial charge in [0.2, 0.25) is 0 Å². The molecule has 168 valence electrons. The SMILES string of the molecule is Cn1ncc(NC(=O)c2nc(-c3ccccc3F)cnc2N)c1N1CCNCC(F)(F)C1. The van der Waals surface area contributed by atoms with Crippen LogP contribution in [-0.2, 0) is 7.05 Å². The van der Waals surface area contributed by atoms with Crippen LogP contribution in [0.2, 0.25) is 0 Å². The third-order valence-electron chi connectivity index (χ3n) is 4.99. The van der Waals surface area contributed by atoms with E-state index in [1.807, 2.05) is 0 Å². The van der Waals surface area contributed by atoms with E-state index in [9.17, 15) is 18.0 Å². The molecule has 1 aliphatic heterocycles. The molecule has 1 amide bonds. The van der Waals surface area contributed by atoms with Gasteiger partial charge in [0, 0.05) is 25.7 Å². The van der Waals surface area contributed by atoms with Crippen LogP contribution in [0.3, 0.4) is 0 Å². The average Bonchev–Trinajstić information content (AvgIpc) is 3.00. The molecule has 0 bridgehead atoms. The van der Waals surface area contributed by atoms with Crippen LogP contribution in [0.25, 0.3) is 11.3 Å². The zero-order chi connectivity index (χ0) is 22.9. The molecule has 32 heavy (non-hydrogen) atoms. The molecule has 1 aliphatic rings. The standard InChI is InChI=1S/C20H21F3N8O/c1-30-19(31-7-6-25-10-20(22,23)11-31)15(9-27-30)29-18(32)16-17(24)26-8-14(28-16)12-4-2-3-5-13(12)21/h2-5,8-9,25H,6-7,10-11H2,1H3,(H2,24,26)(H,29,32). The number of nitrogens with zero attached hydrogens (tertiary/aromatic N) is 5. The maximum Gasteiger partial charge on any atom is 0.278 e. The van der Waals surface area contributed by atoms with Crippen LogP contribution < -0.4 is 21.3 Å². The molecule has 0 aliphatic carbocycles. The summed E-state index contributed by atoms with van der Waals surface area (Å²) in [6.07, 6.45) is 2.63. The highest BCUT2D eigenvalue weighted by atomic mass is 19.3. The Labute approximate surface area is 181 Å². The van der Waals surface area contributed by atoms with Crippen molar-refractivity contribution in [3.63, 3.8) is 0 Å². The molecule has 0 radical (unpaired) electrons. The van der Waals surface area contributed by atoms with E-state index in [4.69, 9.17) is 5.73 Å². The van der Waals surface area contributed by atoms with Crippen molar-refractivity contribution in [2.45, 2.75) is 5.92 Å². The van der Waals surface area contributed by atoms with Gasteiger partial charge in [0.25, 0.3) is 11.8 Å². The summed E-state index contributed by atoms with van der Waals surface area (Å²) in [4.78, 5) is 22.5. The third kappa shape index (κ3) is 4.35. The summed E-state index contributed by atoms with van der Waals surface area (Å²) < 4.78 is 43.7. The summed E-state index contributed by atoms with van der Waals surface area (Å²) >= 11 is 0. The fourth-order valence-corrected chi connectivity index (χ4v) is 3.52. The number of carbonyl (C=O) groups excluding carboxylic acids is 1. The second-order valence-electron chi connectivity index (χ2n) is 7.38. The Hall–Kier alpha value is -3.67. The molecule has 0 spiro atoms. The Morgan fingerprint density at radius 2 is 2.06 bits per heavy atom. The number of aryl methyl sites for hydroxylation is 1. The van der Waals surface area contributed by atoms with Crippen LogP contribution in [0, 0.1) is 5.82 Å². The van der Waals surface area contributed by atoms with Gasteiger partial charge in [-0.05, 0) is 12.1 Å². The van der Waals surface area contributed by atoms with Gasteiger partial charge in [-0.1, -0.05) is 12.1 Å². The molecule has 2 aromatic heterocycles. The summed E-state index contributed by atoms with van der Waals surface area (Å²) in [6, 6.07) is 5.93. The van der Waals surface area contributed by atoms with E-state index in [1.54, 1.807) is 13.1 Å². The Kier molecular flexibility index (Phi) is 5.70. The molecule has 1 saturated heterocycles. The minimum absolute atomic E-state index is 0.132. The molecule has 1 fully saturated rings. The van der Waals surface area contributed by atoms with Crippen LogP contribution in [-0.4, -0.2) is 57.8 Å². The number of benzene rings is 1. The molecule has 1 aromatic carbocycles. The molecule has 4 N–H and O–H groups in total. The molecule has 3 aromatic rings. The van der Waals surface area contributed by atoms with Crippen molar-refractivity contribution in [2.75, 3.05) is 42.1 Å². The lowest BCUT2D eigenvalue weighted by atomic mass is 10.1. The quantitative estimate of drug-likeness (QED) is 0.561. The van der Waals surface area contributed by atoms with Crippen molar-refractivity contribution in [2.24, 2.45) is 7.05 Å². The van der Waals surface area contributed by atoms with Crippen molar-refractivity contribution >= 4 is 23.2 Å². The Morgan fingerprint density at radius 1 is 1.28 bits per heavy atom. The number of nitrogens with two attached hydrogens (primary N) is 1. The predicted molar refractivity (Wildman–Crippen MR) is 113 cm³/mol. The number of halogens is 3. The van der Waals surface area contributed by atoms with Gasteiger partial charge in [0.05, 0.1) is 31.2 Å². The normalized spacial score (nSPS) is 15.9. The van der Waals surface area contributed by atoms with Crippen LogP contribution in [0.15, 0.2) is 36.7 Å². The summed E-state index contributed by atoms with van der Waals surface area (Å²) in [5.41, 5.74) is 6.13. The fraction of sp³-hybridized carbons (Fsp3) is 0.300. The summed E-state index contributed by atoms with van der Waals surface area (Å²) in [5.74, 6) is -4.03. The third-order valence-corrected chi connectivity index (χ3v) is 4.99. The van der Waals surface area contributed by atoms with Crippen LogP contribution in [0.5, 0.6) is 0 Å². The fourth-order valence-electron chi connectivity index (χ4n) is 3.52. The minimum Gasteiger partial charge on any atom is -0.382 e. The topological polar surface area (TPSA) is 114 Å². The number of carbonyl (C=O) groups is 1. The lowest BCUT2D eigenvalue weighted by Gasteiger charge is -2.26. The molecule has 3 heterocycles. The minimum atomic E-state index is -2.95. The van der Waals surface area contributed by atoms with Crippen molar-refractivity contribution in [1.82, 2.24) is 25.1 Å². The first-order chi connectivity index (χ1) is 15.2. The Bertz CT molecular complexity index is 1150. The first kappa shape index (κ1) is 21.6. The highest BCUT2D eigenvalue weighted by Crippen LogP contribution is 2.29. The predicted octanol–water partition coefficient (Wildman–Crippen LogP) is 1.90. The van der Waals surface area contributed by atoms with E-state index >= 15 is 0 Å². The first-order valence-electron chi connectivity index (χ1n) is 9.79. The number of hydrogen-bond donors (Lipinski definition) is 3. The molecule has 4 rings (SSSR count). The van der Waals surface area contributed by atoms with E-state index in [0.29, 0.717) is 18.9 Å². The molecule has 0 saturated carbocycles. The van der Waals surface area contributed by atoms with E-state index in [0.717, 1.165) is 0 Å². The van der Waals surface area contributed by atoms with Crippen molar-refractivity contribution in [3.05, 3.63) is 48.2 Å². The Morgan fingerprint density at radius 3 is 2.84 bits per heavy atom. The maximum atomic E-state index is 14.1. The van der Waals surface area contributed by atoms with Crippen LogP contribution >= 0.6 is 0 Å². The number of alkyl halides is 2. The number of amides is 1. The summed E-state index contributed by atoms with van der Waals surface area (Å²) in [5, 5.41) is 9.41. The summed E-state index contributed by atoms with van der Waals surface area (Å²) in [6.45, 7) is -0.328. The molecular weight excluding hydrogens is 425 g/mol. The second kappa shape index (κ2) is 8.46. The number of nitrogens with one attached hydrogen (secondary N) is 2. The highest BCUT2D eigenvalue weighted by molar-refractivity contribution is 6.07. The largest absolute Gasteiger partial charge is 0.382 e. The van der Waals surface area contributed by atoms with Crippen LogP contribution in [0.4, 0.5) is 30.5 Å². The zero-order valence-corrected chi connectivity index (χ0v) is 17.1. The van der Waals surface area contributed by atoms with Gasteiger partial charge in [-0.2, -0.15) is 5.10 Å².